The van der Waals surface area contributed by atoms with Crippen LogP contribution in [0.5, 0.6) is 0 Å². The number of hydrogen-bond donors (Lipinski definition) is 0. The van der Waals surface area contributed by atoms with Gasteiger partial charge in [-0.1, -0.05) is 6.07 Å². The first kappa shape index (κ1) is 14.5. The number of thiophene rings is 1. The molecule has 0 unspecified atom stereocenters. The van der Waals surface area contributed by atoms with Crippen LogP contribution in [0.2, 0.25) is 0 Å². The summed E-state index contributed by atoms with van der Waals surface area (Å²) in [5.74, 6) is -0.00847. The van der Waals surface area contributed by atoms with Crippen molar-refractivity contribution in [3.63, 3.8) is 0 Å². The molecule has 0 aliphatic heterocycles. The molecule has 0 aliphatic rings. The minimum absolute atomic E-state index is 0.00847. The maximum Gasteiger partial charge on any atom is 0.255 e. The van der Waals surface area contributed by atoms with Crippen molar-refractivity contribution < 1.29 is 9.21 Å². The molecule has 0 fully saturated rings. The zero-order valence-electron chi connectivity index (χ0n) is 12.0. The lowest BCUT2D eigenvalue weighted by molar-refractivity contribution is 0.0745. The number of pyridine rings is 1. The van der Waals surface area contributed by atoms with Gasteiger partial charge in [-0.3, -0.25) is 9.78 Å². The summed E-state index contributed by atoms with van der Waals surface area (Å²) in [5.41, 5.74) is 1.60. The largest absolute Gasteiger partial charge is 0.472 e. The minimum atomic E-state index is -0.00847. The summed E-state index contributed by atoms with van der Waals surface area (Å²) in [6.45, 7) is 1.20. The fraction of sp³-hybridized carbons (Fsp3) is 0.176. The molecule has 0 saturated carbocycles. The maximum atomic E-state index is 12.7. The van der Waals surface area contributed by atoms with Gasteiger partial charge >= 0.3 is 0 Å². The van der Waals surface area contributed by atoms with Crippen LogP contribution < -0.4 is 0 Å². The van der Waals surface area contributed by atoms with E-state index in [4.69, 9.17) is 4.42 Å². The Kier molecular flexibility index (Phi) is 4.65. The number of carbonyl (C=O) groups is 1. The van der Waals surface area contributed by atoms with Crippen molar-refractivity contribution in [3.05, 3.63) is 76.6 Å². The van der Waals surface area contributed by atoms with Gasteiger partial charge in [-0.05, 0) is 36.1 Å². The minimum Gasteiger partial charge on any atom is -0.472 e. The van der Waals surface area contributed by atoms with Crippen molar-refractivity contribution in [1.29, 1.82) is 0 Å². The Bertz CT molecular complexity index is 694. The third-order valence-electron chi connectivity index (χ3n) is 3.36. The van der Waals surface area contributed by atoms with E-state index in [1.54, 1.807) is 48.4 Å². The van der Waals surface area contributed by atoms with Gasteiger partial charge < -0.3 is 9.32 Å². The summed E-state index contributed by atoms with van der Waals surface area (Å²) in [7, 11) is 0. The Balaban J connectivity index is 1.74. The summed E-state index contributed by atoms with van der Waals surface area (Å²) in [6, 6.07) is 9.58. The highest BCUT2D eigenvalue weighted by Gasteiger charge is 2.17. The molecule has 0 atom stereocenters. The van der Waals surface area contributed by atoms with Crippen molar-refractivity contribution in [3.8, 4) is 0 Å². The Morgan fingerprint density at radius 2 is 2.23 bits per heavy atom. The summed E-state index contributed by atoms with van der Waals surface area (Å²) in [6.07, 6.45) is 7.43. The summed E-state index contributed by atoms with van der Waals surface area (Å²) >= 11 is 1.71. The summed E-state index contributed by atoms with van der Waals surface area (Å²) < 4.78 is 5.10. The SMILES string of the molecule is O=C(c1cccnc1)N(CCc1cccs1)Cc1ccoc1. The highest BCUT2D eigenvalue weighted by atomic mass is 32.1. The van der Waals surface area contributed by atoms with Crippen LogP contribution in [-0.2, 0) is 13.0 Å². The van der Waals surface area contributed by atoms with Gasteiger partial charge in [-0.25, -0.2) is 0 Å². The van der Waals surface area contributed by atoms with E-state index in [1.807, 2.05) is 17.0 Å². The number of amides is 1. The summed E-state index contributed by atoms with van der Waals surface area (Å²) in [5, 5.41) is 2.05. The smallest absolute Gasteiger partial charge is 0.255 e. The highest BCUT2D eigenvalue weighted by Crippen LogP contribution is 2.14. The van der Waals surface area contributed by atoms with Crippen LogP contribution in [0.1, 0.15) is 20.8 Å². The van der Waals surface area contributed by atoms with Crippen LogP contribution in [-0.4, -0.2) is 22.3 Å². The first-order valence-electron chi connectivity index (χ1n) is 7.05. The third kappa shape index (κ3) is 3.62. The lowest BCUT2D eigenvalue weighted by Gasteiger charge is -2.22. The van der Waals surface area contributed by atoms with Crippen molar-refractivity contribution in [2.24, 2.45) is 0 Å². The van der Waals surface area contributed by atoms with E-state index >= 15 is 0 Å². The van der Waals surface area contributed by atoms with Crippen molar-refractivity contribution in [1.82, 2.24) is 9.88 Å². The quantitative estimate of drug-likeness (QED) is 0.698. The number of aromatic nitrogens is 1. The zero-order chi connectivity index (χ0) is 15.2. The van der Waals surface area contributed by atoms with Crippen molar-refractivity contribution >= 4 is 17.2 Å². The van der Waals surface area contributed by atoms with Crippen LogP contribution in [0.25, 0.3) is 0 Å². The number of rotatable bonds is 6. The lowest BCUT2D eigenvalue weighted by Crippen LogP contribution is -2.32. The Morgan fingerprint density at radius 3 is 2.91 bits per heavy atom. The summed E-state index contributed by atoms with van der Waals surface area (Å²) in [4.78, 5) is 19.8. The van der Waals surface area contributed by atoms with Gasteiger partial charge in [0.05, 0.1) is 18.1 Å². The molecule has 3 aromatic heterocycles. The molecule has 5 heteroatoms. The second-order valence-electron chi connectivity index (χ2n) is 4.93. The first-order chi connectivity index (χ1) is 10.8. The topological polar surface area (TPSA) is 46.3 Å². The fourth-order valence-electron chi connectivity index (χ4n) is 2.23. The van der Waals surface area contributed by atoms with Crippen LogP contribution in [0.15, 0.2) is 65.0 Å². The predicted octanol–water partition coefficient (Wildman–Crippen LogP) is 3.62. The van der Waals surface area contributed by atoms with Crippen LogP contribution in [0, 0.1) is 0 Å². The van der Waals surface area contributed by atoms with E-state index in [0.717, 1.165) is 12.0 Å². The van der Waals surface area contributed by atoms with Crippen molar-refractivity contribution in [2.45, 2.75) is 13.0 Å². The number of nitrogens with zero attached hydrogens (tertiary/aromatic N) is 2. The first-order valence-corrected chi connectivity index (χ1v) is 7.93. The van der Waals surface area contributed by atoms with E-state index in [9.17, 15) is 4.79 Å². The van der Waals surface area contributed by atoms with E-state index in [1.165, 1.54) is 4.88 Å². The normalized spacial score (nSPS) is 10.5. The van der Waals surface area contributed by atoms with E-state index < -0.39 is 0 Å². The van der Waals surface area contributed by atoms with Gasteiger partial charge in [-0.15, -0.1) is 11.3 Å². The number of hydrogen-bond acceptors (Lipinski definition) is 4. The molecule has 0 aromatic carbocycles. The Labute approximate surface area is 133 Å². The van der Waals surface area contributed by atoms with Gasteiger partial charge in [0.15, 0.2) is 0 Å². The number of furan rings is 1. The second-order valence-corrected chi connectivity index (χ2v) is 5.96. The molecule has 3 aromatic rings. The maximum absolute atomic E-state index is 12.7. The van der Waals surface area contributed by atoms with Gasteiger partial charge in [0, 0.05) is 35.9 Å². The Hall–Kier alpha value is -2.40. The fourth-order valence-corrected chi connectivity index (χ4v) is 2.93. The molecule has 3 heterocycles. The predicted molar refractivity (Wildman–Crippen MR) is 85.7 cm³/mol. The molecule has 0 saturated heterocycles. The molecule has 1 amide bonds. The molecule has 22 heavy (non-hydrogen) atoms. The lowest BCUT2D eigenvalue weighted by atomic mass is 10.2. The van der Waals surface area contributed by atoms with Crippen LogP contribution in [0.3, 0.4) is 0 Å². The standard InChI is InChI=1S/C17H16N2O2S/c20-17(15-3-1-7-18-11-15)19(12-14-6-9-21-13-14)8-5-16-4-2-10-22-16/h1-4,6-7,9-11,13H,5,8,12H2. The average molecular weight is 312 g/mol. The molecule has 0 spiro atoms. The molecule has 0 radical (unpaired) electrons. The average Bonchev–Trinajstić information content (AvgIpc) is 3.25. The third-order valence-corrected chi connectivity index (χ3v) is 4.29. The van der Waals surface area contributed by atoms with Gasteiger partial charge in [-0.2, -0.15) is 0 Å². The second kappa shape index (κ2) is 7.04. The molecule has 3 rings (SSSR count). The van der Waals surface area contributed by atoms with Crippen LogP contribution >= 0.6 is 11.3 Å². The molecule has 4 nitrogen and oxygen atoms in total. The molecule has 0 N–H and O–H groups in total. The van der Waals surface area contributed by atoms with Gasteiger partial charge in [0.2, 0.25) is 0 Å². The van der Waals surface area contributed by atoms with E-state index in [0.29, 0.717) is 18.7 Å². The highest BCUT2D eigenvalue weighted by molar-refractivity contribution is 7.09. The van der Waals surface area contributed by atoms with Crippen LogP contribution in [0.4, 0.5) is 0 Å². The molecule has 112 valence electrons. The van der Waals surface area contributed by atoms with Crippen molar-refractivity contribution in [2.75, 3.05) is 6.54 Å². The number of carbonyl (C=O) groups excluding carboxylic acids is 1. The Morgan fingerprint density at radius 1 is 1.27 bits per heavy atom. The monoisotopic (exact) mass is 312 g/mol. The zero-order valence-corrected chi connectivity index (χ0v) is 12.8. The van der Waals surface area contributed by atoms with E-state index in [-0.39, 0.29) is 5.91 Å². The molecule has 0 bridgehead atoms. The molecular weight excluding hydrogens is 296 g/mol. The van der Waals surface area contributed by atoms with Gasteiger partial charge in [0.25, 0.3) is 5.91 Å². The molecule has 0 aliphatic carbocycles. The molecular formula is C17H16N2O2S. The van der Waals surface area contributed by atoms with E-state index in [2.05, 4.69) is 16.4 Å². The van der Waals surface area contributed by atoms with Gasteiger partial charge in [0.1, 0.15) is 0 Å².